The SMILES string of the molecule is COC(CC(C)(C)OC)OC. The zero-order valence-corrected chi connectivity index (χ0v) is 8.01. The molecule has 0 radical (unpaired) electrons. The highest BCUT2D eigenvalue weighted by atomic mass is 16.7. The van der Waals surface area contributed by atoms with Crippen LogP contribution >= 0.6 is 0 Å². The van der Waals surface area contributed by atoms with E-state index in [2.05, 4.69) is 0 Å². The van der Waals surface area contributed by atoms with Crippen LogP contribution in [0, 0.1) is 0 Å². The van der Waals surface area contributed by atoms with Crippen LogP contribution in [0.1, 0.15) is 20.3 Å². The van der Waals surface area contributed by atoms with Gasteiger partial charge in [-0.1, -0.05) is 0 Å². The number of rotatable bonds is 5. The van der Waals surface area contributed by atoms with Crippen molar-refractivity contribution in [3.8, 4) is 0 Å². The molecule has 0 aliphatic rings. The lowest BCUT2D eigenvalue weighted by Gasteiger charge is -2.26. The first-order valence-electron chi connectivity index (χ1n) is 3.66. The Bertz CT molecular complexity index is 97.5. The van der Waals surface area contributed by atoms with E-state index in [1.807, 2.05) is 13.8 Å². The average molecular weight is 162 g/mol. The summed E-state index contributed by atoms with van der Waals surface area (Å²) < 4.78 is 15.3. The smallest absolute Gasteiger partial charge is 0.159 e. The van der Waals surface area contributed by atoms with Crippen molar-refractivity contribution in [2.75, 3.05) is 21.3 Å². The number of hydrogen-bond donors (Lipinski definition) is 0. The van der Waals surface area contributed by atoms with Crippen LogP contribution in [0.25, 0.3) is 0 Å². The Morgan fingerprint density at radius 2 is 1.55 bits per heavy atom. The van der Waals surface area contributed by atoms with E-state index in [-0.39, 0.29) is 11.9 Å². The van der Waals surface area contributed by atoms with E-state index in [1.54, 1.807) is 21.3 Å². The molecule has 3 heteroatoms. The molecule has 0 heterocycles. The molecule has 68 valence electrons. The minimum Gasteiger partial charge on any atom is -0.379 e. The van der Waals surface area contributed by atoms with Gasteiger partial charge in [0.15, 0.2) is 6.29 Å². The Kier molecular flexibility index (Phi) is 4.65. The van der Waals surface area contributed by atoms with Gasteiger partial charge in [0.05, 0.1) is 5.60 Å². The van der Waals surface area contributed by atoms with Crippen molar-refractivity contribution in [1.29, 1.82) is 0 Å². The van der Waals surface area contributed by atoms with Crippen molar-refractivity contribution >= 4 is 0 Å². The second kappa shape index (κ2) is 4.70. The molecule has 0 spiro atoms. The summed E-state index contributed by atoms with van der Waals surface area (Å²) in [5.41, 5.74) is -0.184. The van der Waals surface area contributed by atoms with Crippen molar-refractivity contribution in [3.63, 3.8) is 0 Å². The fourth-order valence-corrected chi connectivity index (χ4v) is 0.748. The predicted octanol–water partition coefficient (Wildman–Crippen LogP) is 1.42. The van der Waals surface area contributed by atoms with E-state index >= 15 is 0 Å². The van der Waals surface area contributed by atoms with Gasteiger partial charge >= 0.3 is 0 Å². The van der Waals surface area contributed by atoms with Gasteiger partial charge < -0.3 is 14.2 Å². The fourth-order valence-electron chi connectivity index (χ4n) is 0.748. The lowest BCUT2D eigenvalue weighted by Crippen LogP contribution is -2.30. The second-order valence-corrected chi connectivity index (χ2v) is 3.07. The van der Waals surface area contributed by atoms with E-state index in [0.29, 0.717) is 0 Å². The predicted molar refractivity (Wildman–Crippen MR) is 43.5 cm³/mol. The van der Waals surface area contributed by atoms with Crippen molar-refractivity contribution in [3.05, 3.63) is 0 Å². The van der Waals surface area contributed by atoms with Crippen LogP contribution in [0.2, 0.25) is 0 Å². The normalized spacial score (nSPS) is 12.5. The first-order valence-corrected chi connectivity index (χ1v) is 3.66. The molecule has 0 aromatic carbocycles. The van der Waals surface area contributed by atoms with Crippen molar-refractivity contribution < 1.29 is 14.2 Å². The molecule has 0 aromatic rings. The van der Waals surface area contributed by atoms with Gasteiger partial charge in [0, 0.05) is 27.8 Å². The molecular formula is C8H18O3. The quantitative estimate of drug-likeness (QED) is 0.572. The van der Waals surface area contributed by atoms with Crippen LogP contribution in [-0.4, -0.2) is 33.2 Å². The maximum atomic E-state index is 5.21. The fraction of sp³-hybridized carbons (Fsp3) is 1.00. The summed E-state index contributed by atoms with van der Waals surface area (Å²) in [5, 5.41) is 0. The van der Waals surface area contributed by atoms with E-state index < -0.39 is 0 Å². The zero-order chi connectivity index (χ0) is 8.91. The van der Waals surface area contributed by atoms with Gasteiger partial charge in [-0.05, 0) is 13.8 Å². The minimum atomic E-state index is -0.184. The van der Waals surface area contributed by atoms with Gasteiger partial charge in [-0.3, -0.25) is 0 Å². The van der Waals surface area contributed by atoms with E-state index in [9.17, 15) is 0 Å². The standard InChI is InChI=1S/C8H18O3/c1-8(2,11-5)6-7(9-3)10-4/h7H,6H2,1-5H3. The van der Waals surface area contributed by atoms with Crippen LogP contribution in [0.5, 0.6) is 0 Å². The van der Waals surface area contributed by atoms with Crippen LogP contribution in [0.4, 0.5) is 0 Å². The highest BCUT2D eigenvalue weighted by Gasteiger charge is 2.22. The van der Waals surface area contributed by atoms with E-state index in [4.69, 9.17) is 14.2 Å². The molecule has 0 rings (SSSR count). The molecule has 0 aromatic heterocycles. The second-order valence-electron chi connectivity index (χ2n) is 3.07. The molecule has 0 saturated heterocycles. The van der Waals surface area contributed by atoms with Gasteiger partial charge in [-0.25, -0.2) is 0 Å². The molecule has 0 atom stereocenters. The molecule has 0 saturated carbocycles. The minimum absolute atomic E-state index is 0.176. The Hall–Kier alpha value is -0.120. The maximum absolute atomic E-state index is 5.21. The maximum Gasteiger partial charge on any atom is 0.159 e. The molecule has 0 aliphatic heterocycles. The van der Waals surface area contributed by atoms with E-state index in [0.717, 1.165) is 6.42 Å². The Morgan fingerprint density at radius 1 is 1.09 bits per heavy atom. The van der Waals surface area contributed by atoms with Gasteiger partial charge in [0.2, 0.25) is 0 Å². The molecule has 0 bridgehead atoms. The number of methoxy groups -OCH3 is 3. The Balaban J connectivity index is 3.79. The summed E-state index contributed by atoms with van der Waals surface area (Å²) in [7, 11) is 4.93. The first-order chi connectivity index (χ1) is 5.05. The van der Waals surface area contributed by atoms with E-state index in [1.165, 1.54) is 0 Å². The highest BCUT2D eigenvalue weighted by Crippen LogP contribution is 2.17. The molecule has 0 fully saturated rings. The van der Waals surface area contributed by atoms with Crippen LogP contribution in [0.3, 0.4) is 0 Å². The van der Waals surface area contributed by atoms with Gasteiger partial charge in [-0.15, -0.1) is 0 Å². The average Bonchev–Trinajstić information content (AvgIpc) is 2.00. The third kappa shape index (κ3) is 4.35. The van der Waals surface area contributed by atoms with Crippen LogP contribution in [-0.2, 0) is 14.2 Å². The first kappa shape index (κ1) is 10.9. The molecule has 0 N–H and O–H groups in total. The molecular weight excluding hydrogens is 144 g/mol. The van der Waals surface area contributed by atoms with Crippen molar-refractivity contribution in [2.24, 2.45) is 0 Å². The lowest BCUT2D eigenvalue weighted by atomic mass is 10.1. The summed E-state index contributed by atoms with van der Waals surface area (Å²) in [6.07, 6.45) is 0.557. The van der Waals surface area contributed by atoms with Crippen molar-refractivity contribution in [1.82, 2.24) is 0 Å². The summed E-state index contributed by atoms with van der Waals surface area (Å²) in [6.45, 7) is 4.00. The van der Waals surface area contributed by atoms with Gasteiger partial charge in [-0.2, -0.15) is 0 Å². The van der Waals surface area contributed by atoms with Gasteiger partial charge in [0.25, 0.3) is 0 Å². The number of ether oxygens (including phenoxy) is 3. The van der Waals surface area contributed by atoms with Crippen LogP contribution in [0.15, 0.2) is 0 Å². The zero-order valence-electron chi connectivity index (χ0n) is 8.01. The highest BCUT2D eigenvalue weighted by molar-refractivity contribution is 4.69. The molecule has 0 unspecified atom stereocenters. The third-order valence-corrected chi connectivity index (χ3v) is 1.74. The van der Waals surface area contributed by atoms with Crippen molar-refractivity contribution in [2.45, 2.75) is 32.2 Å². The Labute approximate surface area is 68.6 Å². The molecule has 11 heavy (non-hydrogen) atoms. The third-order valence-electron chi connectivity index (χ3n) is 1.74. The summed E-state index contributed by atoms with van der Waals surface area (Å²) in [6, 6.07) is 0. The van der Waals surface area contributed by atoms with Gasteiger partial charge in [0.1, 0.15) is 0 Å². The topological polar surface area (TPSA) is 27.7 Å². The lowest BCUT2D eigenvalue weighted by molar-refractivity contribution is -0.143. The Morgan fingerprint density at radius 3 is 1.82 bits per heavy atom. The largest absolute Gasteiger partial charge is 0.379 e. The monoisotopic (exact) mass is 162 g/mol. The summed E-state index contributed by atoms with van der Waals surface area (Å²) >= 11 is 0. The molecule has 3 nitrogen and oxygen atoms in total. The summed E-state index contributed by atoms with van der Waals surface area (Å²) in [5.74, 6) is 0. The van der Waals surface area contributed by atoms with Crippen LogP contribution < -0.4 is 0 Å². The molecule has 0 aliphatic carbocycles. The summed E-state index contributed by atoms with van der Waals surface area (Å²) in [4.78, 5) is 0. The number of hydrogen-bond acceptors (Lipinski definition) is 3. The molecule has 0 amide bonds.